The minimum absolute atomic E-state index is 0.0477. The van der Waals surface area contributed by atoms with Gasteiger partial charge in [-0.2, -0.15) is 13.2 Å². The average Bonchev–Trinajstić information content (AvgIpc) is 1.92. The van der Waals surface area contributed by atoms with Crippen LogP contribution in [0.4, 0.5) is 13.2 Å². The SMILES string of the molecule is FC(F)(F)C1=CCC(Cl)C(Cl)=C1. The van der Waals surface area contributed by atoms with Crippen LogP contribution in [-0.4, -0.2) is 11.6 Å². The number of halogens is 5. The molecule has 0 aromatic heterocycles. The third-order valence-corrected chi connectivity index (χ3v) is 2.36. The molecule has 1 unspecified atom stereocenters. The Morgan fingerprint density at radius 1 is 1.42 bits per heavy atom. The van der Waals surface area contributed by atoms with Crippen molar-refractivity contribution in [2.75, 3.05) is 0 Å². The van der Waals surface area contributed by atoms with E-state index in [4.69, 9.17) is 23.2 Å². The van der Waals surface area contributed by atoms with Crippen LogP contribution in [0.1, 0.15) is 6.42 Å². The van der Waals surface area contributed by atoms with Gasteiger partial charge in [0.15, 0.2) is 0 Å². The lowest BCUT2D eigenvalue weighted by atomic mass is 10.1. The van der Waals surface area contributed by atoms with Crippen LogP contribution in [0.3, 0.4) is 0 Å². The highest BCUT2D eigenvalue weighted by atomic mass is 35.5. The second-order valence-electron chi connectivity index (χ2n) is 2.39. The summed E-state index contributed by atoms with van der Waals surface area (Å²) in [4.78, 5) is 0. The van der Waals surface area contributed by atoms with E-state index in [0.717, 1.165) is 12.2 Å². The molecule has 0 saturated carbocycles. The first-order chi connectivity index (χ1) is 5.41. The van der Waals surface area contributed by atoms with Gasteiger partial charge in [-0.25, -0.2) is 0 Å². The fraction of sp³-hybridized carbons (Fsp3) is 0.429. The summed E-state index contributed by atoms with van der Waals surface area (Å²) in [6.45, 7) is 0. The maximum absolute atomic E-state index is 12.0. The normalized spacial score (nSPS) is 24.9. The van der Waals surface area contributed by atoms with E-state index in [0.29, 0.717) is 0 Å². The molecule has 0 amide bonds. The molecule has 1 rings (SSSR count). The van der Waals surface area contributed by atoms with E-state index in [1.165, 1.54) is 0 Å². The van der Waals surface area contributed by atoms with Gasteiger partial charge < -0.3 is 0 Å². The topological polar surface area (TPSA) is 0 Å². The highest BCUT2D eigenvalue weighted by Gasteiger charge is 2.34. The van der Waals surface area contributed by atoms with Crippen LogP contribution in [0.15, 0.2) is 22.8 Å². The molecule has 0 aliphatic heterocycles. The summed E-state index contributed by atoms with van der Waals surface area (Å²) < 4.78 is 36.1. The van der Waals surface area contributed by atoms with Gasteiger partial charge in [0, 0.05) is 5.03 Å². The second kappa shape index (κ2) is 3.30. The van der Waals surface area contributed by atoms with Crippen molar-refractivity contribution in [3.05, 3.63) is 22.8 Å². The number of hydrogen-bond acceptors (Lipinski definition) is 0. The van der Waals surface area contributed by atoms with Gasteiger partial charge in [0.1, 0.15) is 0 Å². The average molecular weight is 217 g/mol. The molecule has 0 radical (unpaired) electrons. The first-order valence-corrected chi connectivity index (χ1v) is 4.01. The van der Waals surface area contributed by atoms with Crippen LogP contribution in [0.2, 0.25) is 0 Å². The van der Waals surface area contributed by atoms with Gasteiger partial charge in [0.2, 0.25) is 0 Å². The molecule has 1 aliphatic carbocycles. The van der Waals surface area contributed by atoms with Gasteiger partial charge in [-0.05, 0) is 12.5 Å². The summed E-state index contributed by atoms with van der Waals surface area (Å²) in [6.07, 6.45) is -2.28. The van der Waals surface area contributed by atoms with E-state index in [1.807, 2.05) is 0 Å². The maximum Gasteiger partial charge on any atom is 0.416 e. The second-order valence-corrected chi connectivity index (χ2v) is 3.35. The predicted molar refractivity (Wildman–Crippen MR) is 42.3 cm³/mol. The Hall–Kier alpha value is -0.150. The smallest absolute Gasteiger partial charge is 0.166 e. The highest BCUT2D eigenvalue weighted by molar-refractivity contribution is 6.37. The molecule has 0 heterocycles. The van der Waals surface area contributed by atoms with Gasteiger partial charge in [-0.15, -0.1) is 11.6 Å². The molecule has 0 aromatic rings. The van der Waals surface area contributed by atoms with Gasteiger partial charge in [0.05, 0.1) is 11.0 Å². The molecule has 0 nitrogen and oxygen atoms in total. The van der Waals surface area contributed by atoms with Crippen LogP contribution in [0.5, 0.6) is 0 Å². The number of hydrogen-bond donors (Lipinski definition) is 0. The van der Waals surface area contributed by atoms with Gasteiger partial charge in [-0.3, -0.25) is 0 Å². The third-order valence-electron chi connectivity index (χ3n) is 1.46. The summed E-state index contributed by atoms with van der Waals surface area (Å²) in [5, 5.41) is -0.468. The van der Waals surface area contributed by atoms with Gasteiger partial charge in [-0.1, -0.05) is 17.7 Å². The summed E-state index contributed by atoms with van der Waals surface area (Å²) in [6, 6.07) is 0. The minimum Gasteiger partial charge on any atom is -0.166 e. The maximum atomic E-state index is 12.0. The van der Waals surface area contributed by atoms with Crippen molar-refractivity contribution in [3.63, 3.8) is 0 Å². The quantitative estimate of drug-likeness (QED) is 0.543. The van der Waals surface area contributed by atoms with E-state index in [1.54, 1.807) is 0 Å². The third kappa shape index (κ3) is 2.17. The molecule has 5 heteroatoms. The molecule has 0 bridgehead atoms. The van der Waals surface area contributed by atoms with Crippen LogP contribution in [0.25, 0.3) is 0 Å². The Balaban J connectivity index is 2.85. The molecule has 0 spiro atoms. The zero-order valence-electron chi connectivity index (χ0n) is 5.83. The number of alkyl halides is 4. The molecule has 0 saturated heterocycles. The standard InChI is InChI=1S/C7H5Cl2F3/c8-5-2-1-4(3-6(5)9)7(10,11)12/h1,3,5H,2H2. The molecule has 1 atom stereocenters. The minimum atomic E-state index is -4.32. The van der Waals surface area contributed by atoms with E-state index >= 15 is 0 Å². The number of allylic oxidation sites excluding steroid dienone is 4. The van der Waals surface area contributed by atoms with Crippen molar-refractivity contribution >= 4 is 23.2 Å². The summed E-state index contributed by atoms with van der Waals surface area (Å²) in [7, 11) is 0. The zero-order chi connectivity index (χ0) is 9.35. The largest absolute Gasteiger partial charge is 0.416 e. The Morgan fingerprint density at radius 3 is 2.42 bits per heavy atom. The Morgan fingerprint density at radius 2 is 2.00 bits per heavy atom. The number of rotatable bonds is 0. The molecule has 0 fully saturated rings. The highest BCUT2D eigenvalue weighted by Crippen LogP contribution is 2.34. The fourth-order valence-electron chi connectivity index (χ4n) is 0.838. The van der Waals surface area contributed by atoms with E-state index in [9.17, 15) is 13.2 Å². The molecular formula is C7H5Cl2F3. The van der Waals surface area contributed by atoms with Crippen LogP contribution >= 0.6 is 23.2 Å². The molecule has 0 N–H and O–H groups in total. The van der Waals surface area contributed by atoms with Crippen molar-refractivity contribution in [2.45, 2.75) is 18.0 Å². The lowest BCUT2D eigenvalue weighted by molar-refractivity contribution is -0.0886. The van der Waals surface area contributed by atoms with Gasteiger partial charge >= 0.3 is 6.18 Å². The van der Waals surface area contributed by atoms with Crippen molar-refractivity contribution in [1.29, 1.82) is 0 Å². The predicted octanol–water partition coefficient (Wildman–Crippen LogP) is 3.61. The van der Waals surface area contributed by atoms with Crippen LogP contribution in [-0.2, 0) is 0 Å². The molecule has 68 valence electrons. The van der Waals surface area contributed by atoms with Crippen LogP contribution < -0.4 is 0 Å². The molecular weight excluding hydrogens is 212 g/mol. The molecule has 1 aliphatic rings. The van der Waals surface area contributed by atoms with E-state index < -0.39 is 17.1 Å². The Labute approximate surface area is 77.6 Å². The van der Waals surface area contributed by atoms with E-state index in [-0.39, 0.29) is 11.5 Å². The summed E-state index contributed by atoms with van der Waals surface area (Å²) in [5.41, 5.74) is -0.718. The lowest BCUT2D eigenvalue weighted by Gasteiger charge is -2.15. The fourth-order valence-corrected chi connectivity index (χ4v) is 1.20. The van der Waals surface area contributed by atoms with Crippen molar-refractivity contribution in [3.8, 4) is 0 Å². The molecule has 12 heavy (non-hydrogen) atoms. The Kier molecular flexibility index (Phi) is 2.74. The van der Waals surface area contributed by atoms with Crippen molar-refractivity contribution < 1.29 is 13.2 Å². The van der Waals surface area contributed by atoms with E-state index in [2.05, 4.69) is 0 Å². The monoisotopic (exact) mass is 216 g/mol. The summed E-state index contributed by atoms with van der Waals surface area (Å²) >= 11 is 11.0. The lowest BCUT2D eigenvalue weighted by Crippen LogP contribution is -2.14. The van der Waals surface area contributed by atoms with Crippen LogP contribution in [0, 0.1) is 0 Å². The molecule has 0 aromatic carbocycles. The first-order valence-electron chi connectivity index (χ1n) is 3.20. The van der Waals surface area contributed by atoms with Crippen molar-refractivity contribution in [2.24, 2.45) is 0 Å². The Bertz CT molecular complexity index is 240. The summed E-state index contributed by atoms with van der Waals surface area (Å²) in [5.74, 6) is 0. The van der Waals surface area contributed by atoms with Gasteiger partial charge in [0.25, 0.3) is 0 Å². The zero-order valence-corrected chi connectivity index (χ0v) is 7.34. The first kappa shape index (κ1) is 9.93. The van der Waals surface area contributed by atoms with Crippen molar-refractivity contribution in [1.82, 2.24) is 0 Å².